The summed E-state index contributed by atoms with van der Waals surface area (Å²) in [6.45, 7) is 2.62. The zero-order valence-corrected chi connectivity index (χ0v) is 22.4. The molecule has 4 heterocycles. The average Bonchev–Trinajstić information content (AvgIpc) is 3.62. The topological polar surface area (TPSA) is 141 Å². The number of aromatic nitrogens is 8. The molecule has 6 aromatic rings. The summed E-state index contributed by atoms with van der Waals surface area (Å²) in [5.41, 5.74) is 2.38. The minimum absolute atomic E-state index is 0.283. The first-order chi connectivity index (χ1) is 21.0. The summed E-state index contributed by atoms with van der Waals surface area (Å²) in [6, 6.07) is 10.7. The molecule has 0 radical (unpaired) electrons. The molecule has 44 heavy (non-hydrogen) atoms. The molecule has 12 nitrogen and oxygen atoms in total. The van der Waals surface area contributed by atoms with Crippen molar-refractivity contribution in [2.24, 2.45) is 0 Å². The second-order valence-electron chi connectivity index (χ2n) is 8.67. The van der Waals surface area contributed by atoms with E-state index in [9.17, 15) is 26.3 Å². The molecule has 3 N–H and O–H groups in total. The number of hydrogen-bond donors (Lipinski definition) is 3. The Morgan fingerprint density at radius 2 is 1.23 bits per heavy atom. The van der Waals surface area contributed by atoms with E-state index in [0.717, 1.165) is 5.39 Å². The molecule has 0 spiro atoms. The van der Waals surface area contributed by atoms with Crippen LogP contribution < -0.4 is 20.1 Å². The van der Waals surface area contributed by atoms with Crippen molar-refractivity contribution in [3.63, 3.8) is 0 Å². The number of halogens is 6. The lowest BCUT2D eigenvalue weighted by Gasteiger charge is -2.10. The lowest BCUT2D eigenvalue weighted by Crippen LogP contribution is -2.17. The number of benzene rings is 2. The Hall–Kier alpha value is -5.68. The van der Waals surface area contributed by atoms with Gasteiger partial charge in [0.1, 0.15) is 35.8 Å². The van der Waals surface area contributed by atoms with Crippen LogP contribution in [0.1, 0.15) is 6.92 Å². The zero-order chi connectivity index (χ0) is 31.3. The third kappa shape index (κ3) is 7.58. The van der Waals surface area contributed by atoms with Crippen LogP contribution in [0.5, 0.6) is 11.5 Å². The molecule has 0 saturated carbocycles. The van der Waals surface area contributed by atoms with Crippen molar-refractivity contribution in [2.75, 3.05) is 10.6 Å². The first kappa shape index (κ1) is 29.8. The van der Waals surface area contributed by atoms with Crippen molar-refractivity contribution in [3.05, 3.63) is 73.6 Å². The SMILES string of the molecule is CCn1ncc2c(Nc3ccc(OC(F)(F)F)cc3)ncnc21.FC(F)(F)Oc1ccc(Nc2ncnc3[nH]ncc23)cc1. The molecule has 0 aliphatic rings. The maximum Gasteiger partial charge on any atom is 0.573 e. The van der Waals surface area contributed by atoms with Gasteiger partial charge < -0.3 is 20.1 Å². The lowest BCUT2D eigenvalue weighted by atomic mass is 10.3. The fraction of sp³-hybridized carbons (Fsp3) is 0.154. The molecule has 0 saturated heterocycles. The third-order valence-corrected chi connectivity index (χ3v) is 5.68. The Labute approximate surface area is 243 Å². The highest BCUT2D eigenvalue weighted by Gasteiger charge is 2.31. The molecule has 0 aliphatic heterocycles. The van der Waals surface area contributed by atoms with E-state index in [1.807, 2.05) is 6.92 Å². The van der Waals surface area contributed by atoms with Gasteiger partial charge in [-0.15, -0.1) is 26.3 Å². The summed E-state index contributed by atoms with van der Waals surface area (Å²) >= 11 is 0. The number of ether oxygens (including phenoxy) is 2. The van der Waals surface area contributed by atoms with Gasteiger partial charge in [0.2, 0.25) is 0 Å². The molecule has 0 unspecified atom stereocenters. The van der Waals surface area contributed by atoms with Crippen molar-refractivity contribution < 1.29 is 35.8 Å². The van der Waals surface area contributed by atoms with Gasteiger partial charge in [-0.3, -0.25) is 5.10 Å². The van der Waals surface area contributed by atoms with Gasteiger partial charge in [-0.1, -0.05) is 0 Å². The number of anilines is 4. The quantitative estimate of drug-likeness (QED) is 0.170. The van der Waals surface area contributed by atoms with Crippen LogP contribution in [-0.4, -0.2) is 52.6 Å². The minimum Gasteiger partial charge on any atom is -0.406 e. The molecule has 18 heteroatoms. The smallest absolute Gasteiger partial charge is 0.406 e. The molecule has 6 rings (SSSR count). The van der Waals surface area contributed by atoms with E-state index in [2.05, 4.69) is 55.3 Å². The molecule has 0 fully saturated rings. The Morgan fingerprint density at radius 1 is 0.705 bits per heavy atom. The molecule has 0 aliphatic carbocycles. The second-order valence-corrected chi connectivity index (χ2v) is 8.67. The van der Waals surface area contributed by atoms with Gasteiger partial charge in [0.05, 0.1) is 23.2 Å². The Bertz CT molecular complexity index is 1840. The van der Waals surface area contributed by atoms with E-state index in [0.29, 0.717) is 46.2 Å². The highest BCUT2D eigenvalue weighted by Crippen LogP contribution is 2.28. The summed E-state index contributed by atoms with van der Waals surface area (Å²) < 4.78 is 81.9. The Kier molecular flexibility index (Phi) is 8.32. The van der Waals surface area contributed by atoms with Crippen molar-refractivity contribution in [1.29, 1.82) is 0 Å². The molecule has 0 atom stereocenters. The molecular formula is C26H20F6N10O2. The predicted molar refractivity (Wildman–Crippen MR) is 145 cm³/mol. The number of fused-ring (bicyclic) bond motifs is 2. The standard InChI is InChI=1S/C14H12F3N5O.C12H8F3N5O/c1-2-22-13-11(7-20-22)12(18-8-19-13)21-9-3-5-10(6-4-9)23-14(15,16)17;13-12(14,15)21-8-3-1-7(2-4-8)19-10-9-5-18-20-11(9)17-6-16-10/h3-8H,2H2,1H3,(H,18,19,21);1-6H,(H2,16,17,18,19,20). The maximum absolute atomic E-state index is 12.1. The highest BCUT2D eigenvalue weighted by atomic mass is 19.4. The van der Waals surface area contributed by atoms with E-state index in [1.165, 1.54) is 61.2 Å². The fourth-order valence-corrected chi connectivity index (χ4v) is 3.84. The Balaban J connectivity index is 0.000000175. The number of aromatic amines is 1. The zero-order valence-electron chi connectivity index (χ0n) is 22.4. The van der Waals surface area contributed by atoms with Crippen molar-refractivity contribution in [3.8, 4) is 11.5 Å². The maximum atomic E-state index is 12.1. The van der Waals surface area contributed by atoms with E-state index in [4.69, 9.17) is 0 Å². The number of alkyl halides is 6. The van der Waals surface area contributed by atoms with Crippen molar-refractivity contribution >= 4 is 45.1 Å². The second kappa shape index (κ2) is 12.3. The Morgan fingerprint density at radius 3 is 1.75 bits per heavy atom. The van der Waals surface area contributed by atoms with Crippen LogP contribution in [0.15, 0.2) is 73.6 Å². The van der Waals surface area contributed by atoms with Crippen LogP contribution in [0.4, 0.5) is 49.4 Å². The first-order valence-electron chi connectivity index (χ1n) is 12.5. The summed E-state index contributed by atoms with van der Waals surface area (Å²) in [5, 5.41) is 18.1. The summed E-state index contributed by atoms with van der Waals surface area (Å²) in [5.74, 6) is 0.455. The van der Waals surface area contributed by atoms with Crippen LogP contribution in [0.25, 0.3) is 22.1 Å². The first-order valence-corrected chi connectivity index (χ1v) is 12.5. The van der Waals surface area contributed by atoms with Gasteiger partial charge in [-0.2, -0.15) is 10.2 Å². The van der Waals surface area contributed by atoms with Crippen molar-refractivity contribution in [2.45, 2.75) is 26.2 Å². The van der Waals surface area contributed by atoms with E-state index in [-0.39, 0.29) is 11.5 Å². The van der Waals surface area contributed by atoms with Crippen LogP contribution >= 0.6 is 0 Å². The van der Waals surface area contributed by atoms with Crippen LogP contribution in [-0.2, 0) is 6.54 Å². The number of nitrogens with zero attached hydrogens (tertiary/aromatic N) is 7. The molecule has 228 valence electrons. The monoisotopic (exact) mass is 618 g/mol. The summed E-state index contributed by atoms with van der Waals surface area (Å²) in [6.07, 6.45) is -3.46. The largest absolute Gasteiger partial charge is 0.573 e. The summed E-state index contributed by atoms with van der Waals surface area (Å²) in [4.78, 5) is 16.4. The molecule has 2 aromatic carbocycles. The predicted octanol–water partition coefficient (Wildman–Crippen LogP) is 6.48. The molecule has 4 aromatic heterocycles. The molecular weight excluding hydrogens is 598 g/mol. The van der Waals surface area contributed by atoms with Gasteiger partial charge in [-0.05, 0) is 55.5 Å². The third-order valence-electron chi connectivity index (χ3n) is 5.68. The number of nitrogens with one attached hydrogen (secondary N) is 3. The van der Waals surface area contributed by atoms with Crippen LogP contribution in [0.3, 0.4) is 0 Å². The van der Waals surface area contributed by atoms with Gasteiger partial charge in [0, 0.05) is 17.9 Å². The van der Waals surface area contributed by atoms with Gasteiger partial charge in [0.25, 0.3) is 0 Å². The lowest BCUT2D eigenvalue weighted by molar-refractivity contribution is -0.275. The van der Waals surface area contributed by atoms with E-state index in [1.54, 1.807) is 17.1 Å². The number of H-pyrrole nitrogens is 1. The van der Waals surface area contributed by atoms with E-state index < -0.39 is 12.7 Å². The number of hydrogen-bond acceptors (Lipinski definition) is 10. The van der Waals surface area contributed by atoms with Crippen molar-refractivity contribution in [1.82, 2.24) is 39.9 Å². The number of rotatable bonds is 7. The fourth-order valence-electron chi connectivity index (χ4n) is 3.84. The minimum atomic E-state index is -4.71. The summed E-state index contributed by atoms with van der Waals surface area (Å²) in [7, 11) is 0. The van der Waals surface area contributed by atoms with E-state index >= 15 is 0 Å². The number of aryl methyl sites for hydroxylation is 1. The highest BCUT2D eigenvalue weighted by molar-refractivity contribution is 5.88. The molecule has 0 amide bonds. The van der Waals surface area contributed by atoms with Crippen LogP contribution in [0.2, 0.25) is 0 Å². The normalized spacial score (nSPS) is 11.6. The average molecular weight is 619 g/mol. The van der Waals surface area contributed by atoms with Gasteiger partial charge in [-0.25, -0.2) is 24.6 Å². The van der Waals surface area contributed by atoms with Gasteiger partial charge in [0.15, 0.2) is 11.3 Å². The molecule has 0 bridgehead atoms. The van der Waals surface area contributed by atoms with Crippen LogP contribution in [0, 0.1) is 0 Å². The van der Waals surface area contributed by atoms with Gasteiger partial charge >= 0.3 is 12.7 Å².